The Morgan fingerprint density at radius 1 is 1.32 bits per heavy atom. The third kappa shape index (κ3) is 5.02. The zero-order valence-corrected chi connectivity index (χ0v) is 17.9. The second-order valence-electron chi connectivity index (χ2n) is 7.56. The van der Waals surface area contributed by atoms with Crippen molar-refractivity contribution < 1.29 is 9.59 Å². The van der Waals surface area contributed by atoms with Crippen LogP contribution in [0.3, 0.4) is 0 Å². The van der Waals surface area contributed by atoms with Gasteiger partial charge in [0.25, 0.3) is 5.91 Å². The first-order valence-electron chi connectivity index (χ1n) is 10.0. The highest BCUT2D eigenvalue weighted by molar-refractivity contribution is 7.10. The van der Waals surface area contributed by atoms with Gasteiger partial charge in [-0.05, 0) is 55.4 Å². The summed E-state index contributed by atoms with van der Waals surface area (Å²) in [5.41, 5.74) is 7.12. The molecule has 3 aromatic heterocycles. The Labute approximate surface area is 183 Å². The maximum Gasteiger partial charge on any atom is 0.271 e. The molecule has 3 N–H and O–H groups in total. The van der Waals surface area contributed by atoms with Crippen molar-refractivity contribution in [2.24, 2.45) is 11.7 Å². The largest absolute Gasteiger partial charge is 0.364 e. The average molecular weight is 438 g/mol. The molecule has 0 saturated carbocycles. The molecule has 0 spiro atoms. The van der Waals surface area contributed by atoms with Crippen LogP contribution in [0.15, 0.2) is 36.8 Å². The van der Waals surface area contributed by atoms with E-state index in [1.54, 1.807) is 30.7 Å². The third-order valence-electron chi connectivity index (χ3n) is 5.18. The number of primary amides is 1. The van der Waals surface area contributed by atoms with Crippen LogP contribution in [0.1, 0.15) is 45.8 Å². The second-order valence-corrected chi connectivity index (χ2v) is 8.37. The maximum absolute atomic E-state index is 12.6. The van der Waals surface area contributed by atoms with Crippen molar-refractivity contribution in [2.45, 2.75) is 26.2 Å². The number of ketones is 1. The smallest absolute Gasteiger partial charge is 0.271 e. The van der Waals surface area contributed by atoms with Crippen LogP contribution in [0.4, 0.5) is 16.6 Å². The lowest BCUT2D eigenvalue weighted by atomic mass is 9.91. The Morgan fingerprint density at radius 3 is 2.84 bits per heavy atom. The van der Waals surface area contributed by atoms with Crippen molar-refractivity contribution in [1.29, 1.82) is 0 Å². The molecular formula is C21H23N7O2S. The van der Waals surface area contributed by atoms with Gasteiger partial charge in [0.2, 0.25) is 0 Å². The molecule has 160 valence electrons. The number of pyridine rings is 1. The summed E-state index contributed by atoms with van der Waals surface area (Å²) in [4.78, 5) is 39.4. The van der Waals surface area contributed by atoms with Gasteiger partial charge in [-0.1, -0.05) is 0 Å². The van der Waals surface area contributed by atoms with Gasteiger partial charge >= 0.3 is 0 Å². The third-order valence-corrected chi connectivity index (χ3v) is 5.98. The Hall–Kier alpha value is -3.40. The van der Waals surface area contributed by atoms with Gasteiger partial charge in [-0.3, -0.25) is 14.6 Å². The Bertz CT molecular complexity index is 1090. The summed E-state index contributed by atoms with van der Waals surface area (Å²) >= 11 is 1.27. The van der Waals surface area contributed by atoms with Crippen LogP contribution in [0.2, 0.25) is 0 Å². The molecule has 0 bridgehead atoms. The summed E-state index contributed by atoms with van der Waals surface area (Å²) in [5.74, 6) is 0.639. The van der Waals surface area contributed by atoms with Crippen LogP contribution >= 0.6 is 11.5 Å². The second kappa shape index (κ2) is 9.17. The molecule has 4 rings (SSSR count). The number of hydrogen-bond acceptors (Lipinski definition) is 9. The SMILES string of the molecule is Cc1cc(Nc2nc(N3CCC[C@@H](CC(=O)c4ccncc4)C3)cnc2C(N)=O)sn1. The van der Waals surface area contributed by atoms with Crippen molar-refractivity contribution in [3.8, 4) is 0 Å². The molecule has 1 aliphatic heterocycles. The van der Waals surface area contributed by atoms with Crippen molar-refractivity contribution in [1.82, 2.24) is 19.3 Å². The van der Waals surface area contributed by atoms with E-state index in [-0.39, 0.29) is 17.4 Å². The lowest BCUT2D eigenvalue weighted by Gasteiger charge is -2.33. The van der Waals surface area contributed by atoms with Crippen LogP contribution in [0.5, 0.6) is 0 Å². The number of piperidine rings is 1. The van der Waals surface area contributed by atoms with E-state index < -0.39 is 5.91 Å². The van der Waals surface area contributed by atoms with E-state index in [2.05, 4.69) is 29.5 Å². The van der Waals surface area contributed by atoms with E-state index in [1.807, 2.05) is 13.0 Å². The number of hydrogen-bond donors (Lipinski definition) is 2. The highest BCUT2D eigenvalue weighted by Crippen LogP contribution is 2.28. The number of Topliss-reactive ketones (excluding diaryl/α,β-unsaturated/α-hetero) is 1. The molecule has 9 nitrogen and oxygen atoms in total. The number of nitrogens with two attached hydrogens (primary N) is 1. The molecule has 0 aromatic carbocycles. The van der Waals surface area contributed by atoms with Crippen molar-refractivity contribution >= 4 is 39.9 Å². The minimum atomic E-state index is -0.651. The summed E-state index contributed by atoms with van der Waals surface area (Å²) in [7, 11) is 0. The maximum atomic E-state index is 12.6. The van der Waals surface area contributed by atoms with Crippen LogP contribution in [0, 0.1) is 12.8 Å². The van der Waals surface area contributed by atoms with E-state index in [1.165, 1.54) is 11.5 Å². The van der Waals surface area contributed by atoms with Crippen molar-refractivity contribution in [3.63, 3.8) is 0 Å². The van der Waals surface area contributed by atoms with Crippen LogP contribution < -0.4 is 16.0 Å². The lowest BCUT2D eigenvalue weighted by Crippen LogP contribution is -2.37. The summed E-state index contributed by atoms with van der Waals surface area (Å²) < 4.78 is 4.23. The van der Waals surface area contributed by atoms with Gasteiger partial charge in [0.05, 0.1) is 11.9 Å². The molecule has 0 aliphatic carbocycles. The Balaban J connectivity index is 1.50. The number of carbonyl (C=O) groups excluding carboxylic acids is 2. The topological polar surface area (TPSA) is 127 Å². The van der Waals surface area contributed by atoms with Gasteiger partial charge in [0, 0.05) is 37.5 Å². The quantitative estimate of drug-likeness (QED) is 0.540. The first-order chi connectivity index (χ1) is 15.0. The fraction of sp³-hybridized carbons (Fsp3) is 0.333. The molecule has 10 heteroatoms. The monoisotopic (exact) mass is 437 g/mol. The fourth-order valence-electron chi connectivity index (χ4n) is 3.70. The highest BCUT2D eigenvalue weighted by atomic mass is 32.1. The molecular weight excluding hydrogens is 414 g/mol. The molecule has 3 aromatic rings. The van der Waals surface area contributed by atoms with Gasteiger partial charge in [-0.25, -0.2) is 9.97 Å². The predicted octanol–water partition coefficient (Wildman–Crippen LogP) is 2.97. The van der Waals surface area contributed by atoms with E-state index >= 15 is 0 Å². The van der Waals surface area contributed by atoms with Crippen LogP contribution in [0.25, 0.3) is 0 Å². The molecule has 1 saturated heterocycles. The normalized spacial score (nSPS) is 16.2. The van der Waals surface area contributed by atoms with Gasteiger partial charge in [0.1, 0.15) is 10.8 Å². The molecule has 0 radical (unpaired) electrons. The van der Waals surface area contributed by atoms with Gasteiger partial charge in [0.15, 0.2) is 17.3 Å². The number of carbonyl (C=O) groups is 2. The molecule has 0 unspecified atom stereocenters. The van der Waals surface area contributed by atoms with Gasteiger partial charge in [-0.2, -0.15) is 4.37 Å². The van der Waals surface area contributed by atoms with E-state index in [9.17, 15) is 9.59 Å². The Morgan fingerprint density at radius 2 is 2.13 bits per heavy atom. The number of aromatic nitrogens is 4. The predicted molar refractivity (Wildman–Crippen MR) is 119 cm³/mol. The van der Waals surface area contributed by atoms with E-state index in [4.69, 9.17) is 5.73 Å². The van der Waals surface area contributed by atoms with Gasteiger partial charge < -0.3 is 16.0 Å². The number of nitrogens with zero attached hydrogens (tertiary/aromatic N) is 5. The van der Waals surface area contributed by atoms with Gasteiger partial charge in [-0.15, -0.1) is 0 Å². The van der Waals surface area contributed by atoms with Crippen molar-refractivity contribution in [3.05, 3.63) is 53.7 Å². The summed E-state index contributed by atoms with van der Waals surface area (Å²) in [5, 5.41) is 3.87. The zero-order chi connectivity index (χ0) is 21.8. The number of anilines is 3. The summed E-state index contributed by atoms with van der Waals surface area (Å²) in [6, 6.07) is 5.36. The van der Waals surface area contributed by atoms with Crippen molar-refractivity contribution in [2.75, 3.05) is 23.3 Å². The lowest BCUT2D eigenvalue weighted by molar-refractivity contribution is 0.0954. The number of rotatable bonds is 7. The molecule has 4 heterocycles. The Kier molecular flexibility index (Phi) is 6.17. The number of amides is 1. The zero-order valence-electron chi connectivity index (χ0n) is 17.1. The van der Waals surface area contributed by atoms with E-state index in [0.717, 1.165) is 30.1 Å². The minimum absolute atomic E-state index is 0.0798. The van der Waals surface area contributed by atoms with E-state index in [0.29, 0.717) is 30.2 Å². The first kappa shape index (κ1) is 20.9. The number of nitrogens with one attached hydrogen (secondary N) is 1. The molecule has 1 aliphatic rings. The minimum Gasteiger partial charge on any atom is -0.364 e. The summed E-state index contributed by atoms with van der Waals surface area (Å²) in [6.07, 6.45) is 7.23. The highest BCUT2D eigenvalue weighted by Gasteiger charge is 2.25. The standard InChI is InChI=1S/C21H23N7O2S/c1-13-9-18(31-27-13)26-21-19(20(22)30)24-11-17(25-21)28-8-2-3-14(12-28)10-16(29)15-4-6-23-7-5-15/h4-7,9,11,14H,2-3,8,10,12H2,1H3,(H2,22,30)(H,25,26)/t14-/m0/s1. The van der Waals surface area contributed by atoms with Crippen LogP contribution in [-0.4, -0.2) is 44.1 Å². The fourth-order valence-corrected chi connectivity index (χ4v) is 4.36. The molecule has 1 amide bonds. The first-order valence-corrected chi connectivity index (χ1v) is 10.8. The number of aryl methyl sites for hydroxylation is 1. The summed E-state index contributed by atoms with van der Waals surface area (Å²) in [6.45, 7) is 3.39. The molecule has 1 atom stereocenters. The van der Waals surface area contributed by atoms with Crippen LogP contribution in [-0.2, 0) is 0 Å². The molecule has 31 heavy (non-hydrogen) atoms. The molecule has 1 fully saturated rings. The average Bonchev–Trinajstić information content (AvgIpc) is 3.19.